The number of rotatable bonds is 3. The van der Waals surface area contributed by atoms with Gasteiger partial charge < -0.3 is 8.83 Å². The Morgan fingerprint density at radius 1 is 0.447 bits per heavy atom. The van der Waals surface area contributed by atoms with Crippen LogP contribution in [0.5, 0.6) is 0 Å². The van der Waals surface area contributed by atoms with Crippen molar-refractivity contribution in [1.29, 1.82) is 0 Å². The molecule has 0 aliphatic rings. The van der Waals surface area contributed by atoms with Gasteiger partial charge in [0.2, 0.25) is 0 Å². The lowest BCUT2D eigenvalue weighted by Crippen LogP contribution is -2.10. The van der Waals surface area contributed by atoms with Crippen molar-refractivity contribution in [1.82, 2.24) is 0 Å². The lowest BCUT2D eigenvalue weighted by molar-refractivity contribution is 0.589. The van der Waals surface area contributed by atoms with E-state index >= 15 is 0 Å². The maximum atomic E-state index is 6.67. The molecule has 6 aromatic rings. The third-order valence-corrected chi connectivity index (χ3v) is 7.43. The topological polar surface area (TPSA) is 26.3 Å². The molecule has 2 nitrogen and oxygen atoms in total. The van der Waals surface area contributed by atoms with Gasteiger partial charge in [0.1, 0.15) is 22.7 Å². The summed E-state index contributed by atoms with van der Waals surface area (Å²) in [5, 5.41) is 2.22. The summed E-state index contributed by atoms with van der Waals surface area (Å²) in [5.74, 6) is 1.74. The van der Waals surface area contributed by atoms with Gasteiger partial charge in [-0.05, 0) is 46.2 Å². The number of benzene rings is 4. The molecule has 6 rings (SSSR count). The number of furan rings is 2. The summed E-state index contributed by atoms with van der Waals surface area (Å²) in [7, 11) is 0. The Morgan fingerprint density at radius 2 is 0.816 bits per heavy atom. The fourth-order valence-electron chi connectivity index (χ4n) is 5.21. The highest BCUT2D eigenvalue weighted by atomic mass is 16.3. The molecule has 2 heterocycles. The Hall–Kier alpha value is -4.04. The minimum atomic E-state index is 0.00969. The van der Waals surface area contributed by atoms with Crippen LogP contribution in [0.4, 0.5) is 0 Å². The third-order valence-electron chi connectivity index (χ3n) is 7.43. The summed E-state index contributed by atoms with van der Waals surface area (Å²) in [5.41, 5.74) is 8.60. The minimum Gasteiger partial charge on any atom is -0.455 e. The number of hydrogen-bond donors (Lipinski definition) is 0. The first-order chi connectivity index (χ1) is 18.1. The van der Waals surface area contributed by atoms with E-state index in [9.17, 15) is 0 Å². The molecule has 0 saturated carbocycles. The van der Waals surface area contributed by atoms with Gasteiger partial charge in [-0.25, -0.2) is 0 Å². The summed E-state index contributed by atoms with van der Waals surface area (Å²) < 4.78 is 13.3. The highest BCUT2D eigenvalue weighted by molar-refractivity contribution is 6.13. The van der Waals surface area contributed by atoms with E-state index in [2.05, 4.69) is 126 Å². The molecule has 4 aromatic carbocycles. The Morgan fingerprint density at radius 3 is 1.16 bits per heavy atom. The quantitative estimate of drug-likeness (QED) is 0.242. The molecule has 0 aliphatic carbocycles. The zero-order valence-electron chi connectivity index (χ0n) is 23.1. The van der Waals surface area contributed by atoms with Gasteiger partial charge in [0.05, 0.1) is 0 Å². The van der Waals surface area contributed by atoms with E-state index < -0.39 is 0 Å². The maximum Gasteiger partial charge on any atom is 0.143 e. The SMILES string of the molecule is CC(C)(C)c1ccc2oc(-c3ccccc3)c(-c3c(-c4ccccc4)oc4ccc(C(C)(C)C)cc34)c2c1. The fourth-order valence-corrected chi connectivity index (χ4v) is 5.21. The standard InChI is InChI=1S/C36H34O2/c1-35(2,3)25-17-19-29-27(21-25)31(33(37-29)23-13-9-7-10-14-23)32-28-22-26(36(4,5)6)18-20-30(28)38-34(32)24-15-11-8-12-16-24/h7-22H,1-6H3. The van der Waals surface area contributed by atoms with E-state index in [0.29, 0.717) is 0 Å². The summed E-state index contributed by atoms with van der Waals surface area (Å²) in [4.78, 5) is 0. The summed E-state index contributed by atoms with van der Waals surface area (Å²) in [6.45, 7) is 13.5. The van der Waals surface area contributed by atoms with Crippen molar-refractivity contribution in [2.75, 3.05) is 0 Å². The first-order valence-electron chi connectivity index (χ1n) is 13.4. The number of hydrogen-bond acceptors (Lipinski definition) is 2. The van der Waals surface area contributed by atoms with Crippen LogP contribution in [0.25, 0.3) is 55.7 Å². The van der Waals surface area contributed by atoms with Crippen LogP contribution in [0, 0.1) is 0 Å². The van der Waals surface area contributed by atoms with Crippen LogP contribution in [0.2, 0.25) is 0 Å². The van der Waals surface area contributed by atoms with Gasteiger partial charge in [0.25, 0.3) is 0 Å². The second-order valence-corrected chi connectivity index (χ2v) is 12.3. The second kappa shape index (κ2) is 8.77. The van der Waals surface area contributed by atoms with E-state index in [1.807, 2.05) is 12.1 Å². The molecule has 0 radical (unpaired) electrons. The Labute approximate surface area is 224 Å². The Balaban J connectivity index is 1.79. The normalized spacial score (nSPS) is 12.5. The first kappa shape index (κ1) is 24.3. The van der Waals surface area contributed by atoms with Gasteiger partial charge in [-0.2, -0.15) is 0 Å². The van der Waals surface area contributed by atoms with Crippen LogP contribution in [0.15, 0.2) is 106 Å². The van der Waals surface area contributed by atoms with Crippen LogP contribution in [-0.4, -0.2) is 0 Å². The Kier molecular flexibility index (Phi) is 5.61. The predicted octanol–water partition coefficient (Wildman–Crippen LogP) is 10.8. The molecular weight excluding hydrogens is 464 g/mol. The van der Waals surface area contributed by atoms with Crippen molar-refractivity contribution in [2.24, 2.45) is 0 Å². The molecule has 38 heavy (non-hydrogen) atoms. The molecule has 0 amide bonds. The van der Waals surface area contributed by atoms with Crippen molar-refractivity contribution in [2.45, 2.75) is 52.4 Å². The molecule has 0 saturated heterocycles. The lowest BCUT2D eigenvalue weighted by atomic mass is 9.84. The van der Waals surface area contributed by atoms with Crippen LogP contribution >= 0.6 is 0 Å². The van der Waals surface area contributed by atoms with Gasteiger partial charge in [0, 0.05) is 33.0 Å². The van der Waals surface area contributed by atoms with Crippen LogP contribution in [0.3, 0.4) is 0 Å². The zero-order valence-corrected chi connectivity index (χ0v) is 23.1. The van der Waals surface area contributed by atoms with Crippen molar-refractivity contribution in [3.63, 3.8) is 0 Å². The minimum absolute atomic E-state index is 0.00969. The van der Waals surface area contributed by atoms with Crippen LogP contribution in [0.1, 0.15) is 52.7 Å². The van der Waals surface area contributed by atoms with E-state index in [0.717, 1.165) is 55.7 Å². The Bertz CT molecular complexity index is 1620. The summed E-state index contributed by atoms with van der Waals surface area (Å²) >= 11 is 0. The van der Waals surface area contributed by atoms with Gasteiger partial charge in [-0.3, -0.25) is 0 Å². The molecular formula is C36H34O2. The summed E-state index contributed by atoms with van der Waals surface area (Å²) in [6.07, 6.45) is 0. The smallest absolute Gasteiger partial charge is 0.143 e. The van der Waals surface area contributed by atoms with Gasteiger partial charge in [0.15, 0.2) is 0 Å². The predicted molar refractivity (Wildman–Crippen MR) is 160 cm³/mol. The number of fused-ring (bicyclic) bond motifs is 2. The molecule has 0 aliphatic heterocycles. The first-order valence-corrected chi connectivity index (χ1v) is 13.4. The van der Waals surface area contributed by atoms with E-state index in [4.69, 9.17) is 8.83 Å². The average Bonchev–Trinajstić information content (AvgIpc) is 3.46. The average molecular weight is 499 g/mol. The van der Waals surface area contributed by atoms with E-state index in [1.54, 1.807) is 0 Å². The molecule has 2 heteroatoms. The molecule has 0 unspecified atom stereocenters. The van der Waals surface area contributed by atoms with Crippen LogP contribution in [-0.2, 0) is 10.8 Å². The third kappa shape index (κ3) is 4.15. The fraction of sp³-hybridized carbons (Fsp3) is 0.222. The van der Waals surface area contributed by atoms with Crippen molar-refractivity contribution < 1.29 is 8.83 Å². The largest absolute Gasteiger partial charge is 0.455 e. The molecule has 0 bridgehead atoms. The van der Waals surface area contributed by atoms with Crippen molar-refractivity contribution in [3.8, 4) is 33.8 Å². The molecule has 190 valence electrons. The highest BCUT2D eigenvalue weighted by Gasteiger charge is 2.28. The van der Waals surface area contributed by atoms with E-state index in [1.165, 1.54) is 11.1 Å². The van der Waals surface area contributed by atoms with Crippen molar-refractivity contribution >= 4 is 21.9 Å². The zero-order chi connectivity index (χ0) is 26.7. The molecule has 0 atom stereocenters. The van der Waals surface area contributed by atoms with Gasteiger partial charge in [-0.15, -0.1) is 0 Å². The highest BCUT2D eigenvalue weighted by Crippen LogP contribution is 2.50. The lowest BCUT2D eigenvalue weighted by Gasteiger charge is -2.19. The molecule has 0 fully saturated rings. The second-order valence-electron chi connectivity index (χ2n) is 12.3. The maximum absolute atomic E-state index is 6.67. The van der Waals surface area contributed by atoms with Gasteiger partial charge >= 0.3 is 0 Å². The van der Waals surface area contributed by atoms with Crippen LogP contribution < -0.4 is 0 Å². The van der Waals surface area contributed by atoms with Gasteiger partial charge in [-0.1, -0.05) is 114 Å². The summed E-state index contributed by atoms with van der Waals surface area (Å²) in [6, 6.07) is 34.1. The molecule has 0 N–H and O–H groups in total. The molecule has 0 spiro atoms. The monoisotopic (exact) mass is 498 g/mol. The van der Waals surface area contributed by atoms with E-state index in [-0.39, 0.29) is 10.8 Å². The molecule has 2 aromatic heterocycles. The van der Waals surface area contributed by atoms with Crippen molar-refractivity contribution in [3.05, 3.63) is 108 Å².